The maximum Gasteiger partial charge on any atom is 0.264 e. The number of amides is 2. The number of ether oxygens (including phenoxy) is 1. The fourth-order valence-electron chi connectivity index (χ4n) is 6.60. The van der Waals surface area contributed by atoms with Crippen LogP contribution in [0.5, 0.6) is 0 Å². The molecule has 2 saturated heterocycles. The van der Waals surface area contributed by atoms with Gasteiger partial charge in [-0.05, 0) is 62.7 Å². The predicted octanol–water partition coefficient (Wildman–Crippen LogP) is 3.10. The van der Waals surface area contributed by atoms with Gasteiger partial charge >= 0.3 is 0 Å². The van der Waals surface area contributed by atoms with Crippen molar-refractivity contribution in [2.75, 3.05) is 23.4 Å². The first kappa shape index (κ1) is 26.1. The van der Waals surface area contributed by atoms with Gasteiger partial charge in [-0.3, -0.25) is 9.59 Å². The van der Waals surface area contributed by atoms with Crippen LogP contribution >= 0.6 is 0 Å². The summed E-state index contributed by atoms with van der Waals surface area (Å²) in [6.45, 7) is 6.93. The lowest BCUT2D eigenvalue weighted by molar-refractivity contribution is -0.146. The Labute approximate surface area is 219 Å². The number of anilines is 2. The fraction of sp³-hybridized carbons (Fsp3) is 0.500. The van der Waals surface area contributed by atoms with Gasteiger partial charge in [-0.25, -0.2) is 0 Å². The Morgan fingerprint density at radius 1 is 1.22 bits per heavy atom. The summed E-state index contributed by atoms with van der Waals surface area (Å²) in [5.41, 5.74) is 1.92. The smallest absolute Gasteiger partial charge is 0.264 e. The third-order valence-electron chi connectivity index (χ3n) is 8.24. The summed E-state index contributed by atoms with van der Waals surface area (Å²) in [7, 11) is -2.70. The molecule has 0 unspecified atom stereocenters. The second kappa shape index (κ2) is 9.96. The van der Waals surface area contributed by atoms with Crippen molar-refractivity contribution in [3.63, 3.8) is 0 Å². The van der Waals surface area contributed by atoms with Gasteiger partial charge in [0.05, 0.1) is 24.4 Å². The van der Waals surface area contributed by atoms with E-state index in [9.17, 15) is 19.5 Å². The highest BCUT2D eigenvalue weighted by Gasteiger charge is 2.65. The first-order chi connectivity index (χ1) is 17.7. The van der Waals surface area contributed by atoms with E-state index in [1.165, 1.54) is 0 Å². The number of carbonyl (C=O) groups is 2. The number of benzene rings is 2. The normalized spacial score (nSPS) is 29.2. The summed E-state index contributed by atoms with van der Waals surface area (Å²) < 4.78 is 6.59. The minimum absolute atomic E-state index is 0.0226. The summed E-state index contributed by atoms with van der Waals surface area (Å²) in [4.78, 5) is 39.5. The van der Waals surface area contributed by atoms with Gasteiger partial charge < -0.3 is 30.2 Å². The van der Waals surface area contributed by atoms with Gasteiger partial charge in [-0.15, -0.1) is 0 Å². The molecule has 3 heterocycles. The molecule has 2 amide bonds. The largest absolute Gasteiger partial charge is 0.432 e. The van der Waals surface area contributed by atoms with Crippen LogP contribution < -0.4 is 15.5 Å². The van der Waals surface area contributed by atoms with E-state index in [0.717, 1.165) is 41.9 Å². The standard InChI is InChI=1S/C28H37N3O5Si/c1-18-25(37(2,3)35)24(14-16-32)36-28(18)21-7-4-5-9-23(21)31(27(28)34)17-19-10-12-20(13-11-19)30-26(33)22-8-6-15-29-22/h4-5,7,9-13,18,22,24-25,29,32,35H,6,8,14-17H2,1-3H3,(H,30,33)/t18-,22-,24+,25-,28+/m1/s1. The average molecular weight is 524 g/mol. The van der Waals surface area contributed by atoms with Gasteiger partial charge in [-0.2, -0.15) is 0 Å². The number of fused-ring (bicyclic) bond motifs is 2. The third-order valence-corrected chi connectivity index (χ3v) is 10.7. The highest BCUT2D eigenvalue weighted by molar-refractivity contribution is 6.71. The number of hydrogen-bond acceptors (Lipinski definition) is 6. The zero-order valence-corrected chi connectivity index (χ0v) is 22.7. The number of aliphatic hydroxyl groups excluding tert-OH is 1. The van der Waals surface area contributed by atoms with E-state index in [2.05, 4.69) is 10.6 Å². The molecule has 2 fully saturated rings. The Kier molecular flexibility index (Phi) is 7.01. The van der Waals surface area contributed by atoms with Gasteiger partial charge in [0, 0.05) is 29.3 Å². The Morgan fingerprint density at radius 3 is 2.59 bits per heavy atom. The molecule has 2 aromatic rings. The lowest BCUT2D eigenvalue weighted by Gasteiger charge is -2.32. The van der Waals surface area contributed by atoms with Crippen molar-refractivity contribution in [1.82, 2.24) is 5.32 Å². The van der Waals surface area contributed by atoms with E-state index in [4.69, 9.17) is 4.74 Å². The minimum Gasteiger partial charge on any atom is -0.432 e. The van der Waals surface area contributed by atoms with Crippen molar-refractivity contribution in [2.45, 2.75) is 69.1 Å². The zero-order chi connectivity index (χ0) is 26.4. The van der Waals surface area contributed by atoms with Crippen LogP contribution in [0.4, 0.5) is 11.4 Å². The molecule has 8 nitrogen and oxygen atoms in total. The molecule has 5 rings (SSSR count). The van der Waals surface area contributed by atoms with E-state index in [1.54, 1.807) is 4.90 Å². The van der Waals surface area contributed by atoms with Crippen molar-refractivity contribution in [1.29, 1.82) is 0 Å². The zero-order valence-electron chi connectivity index (χ0n) is 21.7. The lowest BCUT2D eigenvalue weighted by Crippen LogP contribution is -2.46. The van der Waals surface area contributed by atoms with Crippen molar-refractivity contribution in [3.8, 4) is 0 Å². The highest BCUT2D eigenvalue weighted by atomic mass is 28.4. The molecule has 0 bridgehead atoms. The maximum absolute atomic E-state index is 14.2. The first-order valence-electron chi connectivity index (χ1n) is 13.2. The van der Waals surface area contributed by atoms with Gasteiger partial charge in [-0.1, -0.05) is 37.3 Å². The van der Waals surface area contributed by atoms with Gasteiger partial charge in [0.25, 0.3) is 5.91 Å². The Bertz CT molecular complexity index is 1160. The summed E-state index contributed by atoms with van der Waals surface area (Å²) in [6, 6.07) is 15.2. The van der Waals surface area contributed by atoms with Crippen LogP contribution in [0, 0.1) is 5.92 Å². The molecular weight excluding hydrogens is 486 g/mol. The molecule has 1 spiro atoms. The van der Waals surface area contributed by atoms with Gasteiger partial charge in [0.15, 0.2) is 13.9 Å². The third kappa shape index (κ3) is 4.53. The van der Waals surface area contributed by atoms with E-state index in [-0.39, 0.29) is 42.0 Å². The predicted molar refractivity (Wildman–Crippen MR) is 145 cm³/mol. The van der Waals surface area contributed by atoms with Crippen LogP contribution in [0.25, 0.3) is 0 Å². The molecule has 198 valence electrons. The fourth-order valence-corrected chi connectivity index (χ4v) is 9.20. The SMILES string of the molecule is C[C@@H]1[C@@H]([Si](C)(C)O)[C@H](CCO)O[C@@]12C(=O)N(Cc1ccc(NC(=O)[C@H]3CCCN3)cc1)c1ccccc12. The van der Waals surface area contributed by atoms with Crippen LogP contribution in [-0.2, 0) is 26.5 Å². The summed E-state index contributed by atoms with van der Waals surface area (Å²) in [5, 5.41) is 15.9. The van der Waals surface area contributed by atoms with Crippen molar-refractivity contribution in [3.05, 3.63) is 59.7 Å². The molecule has 3 aliphatic rings. The summed E-state index contributed by atoms with van der Waals surface area (Å²) >= 11 is 0. The molecule has 0 aliphatic carbocycles. The topological polar surface area (TPSA) is 111 Å². The first-order valence-corrected chi connectivity index (χ1v) is 16.2. The van der Waals surface area contributed by atoms with E-state index in [0.29, 0.717) is 13.0 Å². The van der Waals surface area contributed by atoms with Gasteiger partial charge in [0.1, 0.15) is 0 Å². The number of hydrogen-bond donors (Lipinski definition) is 4. The molecule has 4 N–H and O–H groups in total. The van der Waals surface area contributed by atoms with Crippen molar-refractivity contribution >= 4 is 31.5 Å². The molecule has 2 aromatic carbocycles. The van der Waals surface area contributed by atoms with Crippen LogP contribution in [0.15, 0.2) is 48.5 Å². The summed E-state index contributed by atoms with van der Waals surface area (Å²) in [5.74, 6) is -0.392. The van der Waals surface area contributed by atoms with Crippen LogP contribution in [0.1, 0.15) is 37.3 Å². The van der Waals surface area contributed by atoms with Crippen molar-refractivity contribution < 1.29 is 24.2 Å². The Hall–Kier alpha value is -2.56. The average Bonchev–Trinajstić information content (AvgIpc) is 3.55. The molecule has 0 aromatic heterocycles. The molecule has 0 radical (unpaired) electrons. The van der Waals surface area contributed by atoms with E-state index in [1.807, 2.05) is 68.5 Å². The van der Waals surface area contributed by atoms with Gasteiger partial charge in [0.2, 0.25) is 5.91 Å². The lowest BCUT2D eigenvalue weighted by atomic mass is 9.82. The molecule has 5 atom stereocenters. The van der Waals surface area contributed by atoms with E-state index < -0.39 is 13.9 Å². The van der Waals surface area contributed by atoms with E-state index >= 15 is 0 Å². The molecule has 3 aliphatic heterocycles. The number of carbonyl (C=O) groups excluding carboxylic acids is 2. The number of para-hydroxylation sites is 1. The monoisotopic (exact) mass is 523 g/mol. The number of nitrogens with zero attached hydrogens (tertiary/aromatic N) is 1. The number of aliphatic hydroxyl groups is 1. The molecule has 9 heteroatoms. The quantitative estimate of drug-likeness (QED) is 0.415. The van der Waals surface area contributed by atoms with Crippen LogP contribution in [0.3, 0.4) is 0 Å². The Balaban J connectivity index is 1.40. The van der Waals surface area contributed by atoms with Crippen LogP contribution in [0.2, 0.25) is 18.6 Å². The molecule has 0 saturated carbocycles. The van der Waals surface area contributed by atoms with Crippen molar-refractivity contribution in [2.24, 2.45) is 5.92 Å². The van der Waals surface area contributed by atoms with Crippen LogP contribution in [-0.4, -0.2) is 55.3 Å². The second-order valence-electron chi connectivity index (χ2n) is 11.1. The molecular formula is C28H37N3O5Si. The highest BCUT2D eigenvalue weighted by Crippen LogP contribution is 2.59. The maximum atomic E-state index is 14.2. The number of nitrogens with one attached hydrogen (secondary N) is 2. The minimum atomic E-state index is -2.70. The molecule has 37 heavy (non-hydrogen) atoms. The second-order valence-corrected chi connectivity index (χ2v) is 15.1. The Morgan fingerprint density at radius 2 is 1.95 bits per heavy atom. The number of rotatable bonds is 7. The summed E-state index contributed by atoms with van der Waals surface area (Å²) in [6.07, 6.45) is 1.85.